The van der Waals surface area contributed by atoms with E-state index in [0.717, 1.165) is 22.5 Å². The molecule has 40 heavy (non-hydrogen) atoms. The second-order valence-electron chi connectivity index (χ2n) is 10.1. The zero-order chi connectivity index (χ0) is 28.6. The highest BCUT2D eigenvalue weighted by molar-refractivity contribution is 7.89. The van der Waals surface area contributed by atoms with Crippen LogP contribution in [0.1, 0.15) is 12.8 Å². The molecule has 2 aromatic carbocycles. The largest absolute Gasteiger partial charge is 0.467 e. The Labute approximate surface area is 236 Å². The Balaban J connectivity index is 1.30. The molecule has 5 rings (SSSR count). The highest BCUT2D eigenvalue weighted by Gasteiger charge is 2.43. The molecule has 0 N–H and O–H groups in total. The van der Waals surface area contributed by atoms with E-state index in [9.17, 15) is 22.8 Å². The maximum absolute atomic E-state index is 13.6. The fourth-order valence-corrected chi connectivity index (χ4v) is 6.92. The van der Waals surface area contributed by atoms with Gasteiger partial charge in [-0.1, -0.05) is 23.7 Å². The number of amides is 1. The molecule has 0 aliphatic carbocycles. The number of hydrogen-bond donors (Lipinski definition) is 0. The quantitative estimate of drug-likeness (QED) is 0.401. The molecule has 2 aliphatic rings. The van der Waals surface area contributed by atoms with Crippen LogP contribution in [0.15, 0.2) is 58.2 Å². The topological polar surface area (TPSA) is 122 Å². The van der Waals surface area contributed by atoms with Crippen molar-refractivity contribution < 1.29 is 22.7 Å². The second-order valence-corrected chi connectivity index (χ2v) is 12.5. The number of piperazine rings is 1. The summed E-state index contributed by atoms with van der Waals surface area (Å²) in [5.41, 5.74) is -0.183. The average Bonchev–Trinajstić information content (AvgIpc) is 2.95. The van der Waals surface area contributed by atoms with Crippen LogP contribution >= 0.6 is 11.6 Å². The first kappa shape index (κ1) is 28.1. The van der Waals surface area contributed by atoms with Crippen LogP contribution in [0.4, 0.5) is 5.82 Å². The van der Waals surface area contributed by atoms with E-state index < -0.39 is 27.9 Å². The zero-order valence-electron chi connectivity index (χ0n) is 22.2. The van der Waals surface area contributed by atoms with Crippen molar-refractivity contribution in [2.24, 2.45) is 13.0 Å². The predicted molar refractivity (Wildman–Crippen MR) is 150 cm³/mol. The van der Waals surface area contributed by atoms with Gasteiger partial charge >= 0.3 is 5.97 Å². The number of carbonyl (C=O) groups is 2. The number of carbonyl (C=O) groups excluding carboxylic acids is 2. The summed E-state index contributed by atoms with van der Waals surface area (Å²) in [5, 5.41) is 6.33. The Bertz CT molecular complexity index is 1620. The molecule has 0 bridgehead atoms. The SMILES string of the molecule is COC(=O)[C@H]1CN(S(=O)(=O)c2ccc3cc(Cl)ccc3c2)CC(=O)N1CC1CCN(c2ccc(=O)n(C)n2)CC1. The number of aryl methyl sites for hydroxylation is 1. The first-order valence-corrected chi connectivity index (χ1v) is 14.7. The molecule has 1 amide bonds. The number of nitrogens with zero attached hydrogens (tertiary/aromatic N) is 5. The number of hydrogen-bond acceptors (Lipinski definition) is 8. The fourth-order valence-electron chi connectivity index (χ4n) is 5.31. The van der Waals surface area contributed by atoms with Gasteiger partial charge in [-0.15, -0.1) is 0 Å². The van der Waals surface area contributed by atoms with Gasteiger partial charge in [0.1, 0.15) is 11.9 Å². The minimum atomic E-state index is -4.07. The number of benzene rings is 2. The predicted octanol–water partition coefficient (Wildman–Crippen LogP) is 1.88. The first-order chi connectivity index (χ1) is 19.1. The van der Waals surface area contributed by atoms with Crippen molar-refractivity contribution in [3.8, 4) is 0 Å². The van der Waals surface area contributed by atoms with Crippen molar-refractivity contribution in [2.45, 2.75) is 23.8 Å². The molecule has 2 aliphatic heterocycles. The molecule has 212 valence electrons. The molecular weight excluding hydrogens is 558 g/mol. The molecule has 0 unspecified atom stereocenters. The van der Waals surface area contributed by atoms with Gasteiger partial charge in [-0.2, -0.15) is 9.40 Å². The van der Waals surface area contributed by atoms with Gasteiger partial charge < -0.3 is 14.5 Å². The average molecular weight is 588 g/mol. The lowest BCUT2D eigenvalue weighted by Crippen LogP contribution is -2.61. The highest BCUT2D eigenvalue weighted by atomic mass is 35.5. The van der Waals surface area contributed by atoms with Crippen molar-refractivity contribution in [1.82, 2.24) is 19.0 Å². The van der Waals surface area contributed by atoms with Crippen molar-refractivity contribution in [3.05, 3.63) is 63.9 Å². The van der Waals surface area contributed by atoms with E-state index in [1.165, 1.54) is 34.9 Å². The normalized spacial score (nSPS) is 19.3. The summed E-state index contributed by atoms with van der Waals surface area (Å²) in [7, 11) is -1.23. The number of halogens is 1. The van der Waals surface area contributed by atoms with Gasteiger partial charge in [0.25, 0.3) is 5.56 Å². The van der Waals surface area contributed by atoms with E-state index in [1.54, 1.807) is 37.4 Å². The van der Waals surface area contributed by atoms with E-state index >= 15 is 0 Å². The van der Waals surface area contributed by atoms with Crippen molar-refractivity contribution in [1.29, 1.82) is 0 Å². The third kappa shape index (κ3) is 5.56. The van der Waals surface area contributed by atoms with Crippen LogP contribution in [-0.2, 0) is 31.4 Å². The molecule has 0 radical (unpaired) electrons. The van der Waals surface area contributed by atoms with Gasteiger partial charge in [-0.05, 0) is 59.9 Å². The molecule has 0 spiro atoms. The molecule has 3 heterocycles. The number of anilines is 1. The maximum atomic E-state index is 13.6. The molecule has 0 saturated carbocycles. The zero-order valence-corrected chi connectivity index (χ0v) is 23.8. The molecule has 13 heteroatoms. The van der Waals surface area contributed by atoms with Crippen LogP contribution in [0.2, 0.25) is 5.02 Å². The number of esters is 1. The lowest BCUT2D eigenvalue weighted by Gasteiger charge is -2.42. The van der Waals surface area contributed by atoms with Crippen LogP contribution in [0.25, 0.3) is 10.8 Å². The Kier molecular flexibility index (Phi) is 7.85. The smallest absolute Gasteiger partial charge is 0.329 e. The van der Waals surface area contributed by atoms with Crippen LogP contribution in [-0.4, -0.2) is 85.2 Å². The van der Waals surface area contributed by atoms with E-state index in [1.807, 2.05) is 0 Å². The van der Waals surface area contributed by atoms with Gasteiger partial charge in [0, 0.05) is 44.3 Å². The number of fused-ring (bicyclic) bond motifs is 1. The Hall–Kier alpha value is -3.48. The maximum Gasteiger partial charge on any atom is 0.329 e. The lowest BCUT2D eigenvalue weighted by atomic mass is 9.95. The van der Waals surface area contributed by atoms with E-state index in [-0.39, 0.29) is 29.5 Å². The van der Waals surface area contributed by atoms with Crippen LogP contribution in [0, 0.1) is 5.92 Å². The van der Waals surface area contributed by atoms with Gasteiger partial charge in [0.05, 0.1) is 18.6 Å². The summed E-state index contributed by atoms with van der Waals surface area (Å²) in [4.78, 5) is 41.4. The Morgan fingerprint density at radius 2 is 1.75 bits per heavy atom. The molecule has 3 aromatic rings. The standard InChI is InChI=1S/C27H30ClN5O6S/c1-30-25(34)8-7-24(29-30)31-11-9-18(10-12-31)15-33-23(27(36)39-2)16-32(17-26(33)35)40(37,38)22-6-4-19-13-21(28)5-3-20(19)14-22/h3-8,13-14,18,23H,9-12,15-17H2,1-2H3/t23-/m1/s1. The van der Waals surface area contributed by atoms with E-state index in [2.05, 4.69) is 10.00 Å². The number of rotatable bonds is 6. The molecule has 11 nitrogen and oxygen atoms in total. The number of methoxy groups -OCH3 is 1. The summed E-state index contributed by atoms with van der Waals surface area (Å²) in [6.07, 6.45) is 1.48. The van der Waals surface area contributed by atoms with E-state index in [4.69, 9.17) is 16.3 Å². The van der Waals surface area contributed by atoms with Gasteiger partial charge in [0.2, 0.25) is 15.9 Å². The molecule has 1 atom stereocenters. The number of aromatic nitrogens is 2. The van der Waals surface area contributed by atoms with Gasteiger partial charge in [0.15, 0.2) is 0 Å². The number of piperidine rings is 1. The van der Waals surface area contributed by atoms with Crippen molar-refractivity contribution in [2.75, 3.05) is 44.7 Å². The first-order valence-electron chi connectivity index (χ1n) is 12.9. The molecule has 2 fully saturated rings. The summed E-state index contributed by atoms with van der Waals surface area (Å²) < 4.78 is 34.4. The Morgan fingerprint density at radius 1 is 1.05 bits per heavy atom. The Morgan fingerprint density at radius 3 is 2.45 bits per heavy atom. The highest BCUT2D eigenvalue weighted by Crippen LogP contribution is 2.28. The summed E-state index contributed by atoms with van der Waals surface area (Å²) in [5.74, 6) is -0.289. The van der Waals surface area contributed by atoms with Crippen molar-refractivity contribution in [3.63, 3.8) is 0 Å². The van der Waals surface area contributed by atoms with Gasteiger partial charge in [-0.25, -0.2) is 17.9 Å². The van der Waals surface area contributed by atoms with Crippen LogP contribution in [0.3, 0.4) is 0 Å². The molecule has 1 aromatic heterocycles. The second kappa shape index (κ2) is 11.2. The van der Waals surface area contributed by atoms with Gasteiger partial charge in [-0.3, -0.25) is 9.59 Å². The third-order valence-corrected chi connectivity index (χ3v) is 9.65. The van der Waals surface area contributed by atoms with Crippen molar-refractivity contribution >= 4 is 50.1 Å². The monoisotopic (exact) mass is 587 g/mol. The third-order valence-electron chi connectivity index (χ3n) is 7.61. The number of ether oxygens (including phenoxy) is 1. The van der Waals surface area contributed by atoms with E-state index in [0.29, 0.717) is 35.9 Å². The minimum Gasteiger partial charge on any atom is -0.467 e. The minimum absolute atomic E-state index is 0.0339. The summed E-state index contributed by atoms with van der Waals surface area (Å²) in [6, 6.07) is 12.0. The van der Waals surface area contributed by atoms with Crippen LogP contribution in [0.5, 0.6) is 0 Å². The fraction of sp³-hybridized carbons (Fsp3) is 0.407. The molecule has 2 saturated heterocycles. The summed E-state index contributed by atoms with van der Waals surface area (Å²) in [6.45, 7) is 1.11. The molecular formula is C27H30ClN5O6S. The van der Waals surface area contributed by atoms with Crippen LogP contribution < -0.4 is 10.5 Å². The number of sulfonamides is 1. The summed E-state index contributed by atoms with van der Waals surface area (Å²) >= 11 is 6.05. The lowest BCUT2D eigenvalue weighted by molar-refractivity contribution is -0.157.